The fourth-order valence-corrected chi connectivity index (χ4v) is 2.85. The molecule has 0 radical (unpaired) electrons. The molecular formula is C16H18FNOS. The standard InChI is InChI=1S/C16H18FNOS/c1-10-6-5-7-11(15(10)17)12(19)8-14-18-13(9-20-14)16(2,3)4/h5-7,9H,8H2,1-4H3. The average Bonchev–Trinajstić information content (AvgIpc) is 2.81. The van der Waals surface area contributed by atoms with Crippen molar-refractivity contribution >= 4 is 17.1 Å². The second kappa shape index (κ2) is 5.44. The molecule has 2 nitrogen and oxygen atoms in total. The zero-order chi connectivity index (χ0) is 14.9. The summed E-state index contributed by atoms with van der Waals surface area (Å²) in [5, 5.41) is 2.70. The summed E-state index contributed by atoms with van der Waals surface area (Å²) < 4.78 is 13.9. The van der Waals surface area contributed by atoms with Gasteiger partial charge in [0, 0.05) is 10.8 Å². The molecule has 0 aliphatic heterocycles. The van der Waals surface area contributed by atoms with Gasteiger partial charge in [0.15, 0.2) is 5.78 Å². The molecule has 0 bridgehead atoms. The highest BCUT2D eigenvalue weighted by molar-refractivity contribution is 7.09. The molecule has 20 heavy (non-hydrogen) atoms. The van der Waals surface area contributed by atoms with Crippen molar-refractivity contribution in [3.05, 3.63) is 51.2 Å². The summed E-state index contributed by atoms with van der Waals surface area (Å²) in [5.74, 6) is -0.647. The maximum absolute atomic E-state index is 13.9. The van der Waals surface area contributed by atoms with Crippen LogP contribution < -0.4 is 0 Å². The number of nitrogens with zero attached hydrogens (tertiary/aromatic N) is 1. The van der Waals surface area contributed by atoms with Gasteiger partial charge in [-0.2, -0.15) is 0 Å². The van der Waals surface area contributed by atoms with E-state index in [1.54, 1.807) is 19.1 Å². The van der Waals surface area contributed by atoms with Crippen LogP contribution in [0.3, 0.4) is 0 Å². The topological polar surface area (TPSA) is 30.0 Å². The zero-order valence-corrected chi connectivity index (χ0v) is 13.0. The number of aryl methyl sites for hydroxylation is 1. The van der Waals surface area contributed by atoms with Crippen molar-refractivity contribution in [1.82, 2.24) is 4.98 Å². The Morgan fingerprint density at radius 2 is 2.05 bits per heavy atom. The van der Waals surface area contributed by atoms with Crippen LogP contribution in [0.1, 0.15) is 47.4 Å². The maximum atomic E-state index is 13.9. The molecule has 0 fully saturated rings. The van der Waals surface area contributed by atoms with E-state index in [-0.39, 0.29) is 23.2 Å². The van der Waals surface area contributed by atoms with Crippen molar-refractivity contribution < 1.29 is 9.18 Å². The van der Waals surface area contributed by atoms with Gasteiger partial charge >= 0.3 is 0 Å². The molecule has 0 saturated carbocycles. The van der Waals surface area contributed by atoms with E-state index >= 15 is 0 Å². The second-order valence-corrected chi connectivity index (χ2v) is 6.86. The summed E-state index contributed by atoms with van der Waals surface area (Å²) in [6, 6.07) is 4.89. The molecule has 1 heterocycles. The van der Waals surface area contributed by atoms with Gasteiger partial charge in [-0.25, -0.2) is 9.37 Å². The first-order valence-electron chi connectivity index (χ1n) is 6.52. The molecule has 0 unspecified atom stereocenters. The lowest BCUT2D eigenvalue weighted by atomic mass is 9.93. The SMILES string of the molecule is Cc1cccc(C(=O)Cc2nc(C(C)(C)C)cs2)c1F. The fourth-order valence-electron chi connectivity index (χ4n) is 1.83. The Kier molecular flexibility index (Phi) is 4.04. The molecule has 106 valence electrons. The quantitative estimate of drug-likeness (QED) is 0.789. The van der Waals surface area contributed by atoms with Crippen LogP contribution in [0.25, 0.3) is 0 Å². The molecule has 2 rings (SSSR count). The van der Waals surface area contributed by atoms with Crippen molar-refractivity contribution in [3.8, 4) is 0 Å². The number of hydrogen-bond acceptors (Lipinski definition) is 3. The average molecular weight is 291 g/mol. The summed E-state index contributed by atoms with van der Waals surface area (Å²) in [5.41, 5.74) is 1.57. The van der Waals surface area contributed by atoms with Crippen LogP contribution in [0.2, 0.25) is 0 Å². The number of thiazole rings is 1. The Bertz CT molecular complexity index is 640. The van der Waals surface area contributed by atoms with Gasteiger partial charge in [-0.1, -0.05) is 32.9 Å². The van der Waals surface area contributed by atoms with Crippen LogP contribution in [-0.4, -0.2) is 10.8 Å². The first-order valence-corrected chi connectivity index (χ1v) is 7.40. The Hall–Kier alpha value is -1.55. The smallest absolute Gasteiger partial charge is 0.172 e. The lowest BCUT2D eigenvalue weighted by Gasteiger charge is -2.14. The van der Waals surface area contributed by atoms with Crippen molar-refractivity contribution in [2.75, 3.05) is 0 Å². The highest BCUT2D eigenvalue weighted by Gasteiger charge is 2.20. The summed E-state index contributed by atoms with van der Waals surface area (Å²) >= 11 is 1.46. The van der Waals surface area contributed by atoms with Crippen molar-refractivity contribution in [3.63, 3.8) is 0 Å². The normalized spacial score (nSPS) is 11.7. The predicted octanol–water partition coefficient (Wildman–Crippen LogP) is 4.31. The van der Waals surface area contributed by atoms with Crippen LogP contribution in [0.5, 0.6) is 0 Å². The largest absolute Gasteiger partial charge is 0.294 e. The van der Waals surface area contributed by atoms with Gasteiger partial charge in [0.2, 0.25) is 0 Å². The van der Waals surface area contributed by atoms with Gasteiger partial charge in [0.1, 0.15) is 10.8 Å². The first kappa shape index (κ1) is 14.9. The number of rotatable bonds is 3. The second-order valence-electron chi connectivity index (χ2n) is 5.91. The van der Waals surface area contributed by atoms with Crippen LogP contribution >= 0.6 is 11.3 Å². The molecule has 1 aromatic carbocycles. The Labute approximate surface area is 122 Å². The lowest BCUT2D eigenvalue weighted by molar-refractivity contribution is 0.0989. The minimum atomic E-state index is -0.426. The van der Waals surface area contributed by atoms with Crippen LogP contribution in [0.4, 0.5) is 4.39 Å². The van der Waals surface area contributed by atoms with Crippen molar-refractivity contribution in [2.45, 2.75) is 39.5 Å². The van der Waals surface area contributed by atoms with E-state index < -0.39 is 5.82 Å². The molecule has 1 aromatic heterocycles. The minimum Gasteiger partial charge on any atom is -0.294 e. The third-order valence-electron chi connectivity index (χ3n) is 3.12. The fraction of sp³-hybridized carbons (Fsp3) is 0.375. The van der Waals surface area contributed by atoms with Crippen molar-refractivity contribution in [2.24, 2.45) is 0 Å². The number of benzene rings is 1. The van der Waals surface area contributed by atoms with E-state index in [1.165, 1.54) is 17.4 Å². The van der Waals surface area contributed by atoms with E-state index in [9.17, 15) is 9.18 Å². The molecule has 4 heteroatoms. The van der Waals surface area contributed by atoms with Gasteiger partial charge in [-0.15, -0.1) is 11.3 Å². The number of carbonyl (C=O) groups is 1. The highest BCUT2D eigenvalue weighted by atomic mass is 32.1. The Balaban J connectivity index is 2.20. The Morgan fingerprint density at radius 3 is 2.65 bits per heavy atom. The van der Waals surface area contributed by atoms with Gasteiger partial charge in [0.25, 0.3) is 0 Å². The summed E-state index contributed by atoms with van der Waals surface area (Å²) in [4.78, 5) is 16.6. The van der Waals surface area contributed by atoms with E-state index in [1.807, 2.05) is 5.38 Å². The number of hydrogen-bond donors (Lipinski definition) is 0. The number of ketones is 1. The van der Waals surface area contributed by atoms with Gasteiger partial charge < -0.3 is 0 Å². The third-order valence-corrected chi connectivity index (χ3v) is 3.97. The number of aromatic nitrogens is 1. The molecular weight excluding hydrogens is 273 g/mol. The zero-order valence-electron chi connectivity index (χ0n) is 12.2. The highest BCUT2D eigenvalue weighted by Crippen LogP contribution is 2.25. The molecule has 0 aliphatic carbocycles. The lowest BCUT2D eigenvalue weighted by Crippen LogP contribution is -2.12. The monoisotopic (exact) mass is 291 g/mol. The molecule has 0 saturated heterocycles. The third kappa shape index (κ3) is 3.12. The van der Waals surface area contributed by atoms with Gasteiger partial charge in [-0.05, 0) is 18.6 Å². The van der Waals surface area contributed by atoms with Crippen LogP contribution in [0, 0.1) is 12.7 Å². The maximum Gasteiger partial charge on any atom is 0.172 e. The van der Waals surface area contributed by atoms with Crippen LogP contribution in [-0.2, 0) is 11.8 Å². The molecule has 2 aromatic rings. The Morgan fingerprint density at radius 1 is 1.35 bits per heavy atom. The summed E-state index contributed by atoms with van der Waals surface area (Å²) in [6.45, 7) is 7.89. The van der Waals surface area contributed by atoms with Crippen LogP contribution in [0.15, 0.2) is 23.6 Å². The van der Waals surface area contributed by atoms with E-state index in [0.29, 0.717) is 5.56 Å². The summed E-state index contributed by atoms with van der Waals surface area (Å²) in [6.07, 6.45) is 0.154. The van der Waals surface area contributed by atoms with Crippen molar-refractivity contribution in [1.29, 1.82) is 0 Å². The van der Waals surface area contributed by atoms with Gasteiger partial charge in [-0.3, -0.25) is 4.79 Å². The minimum absolute atomic E-state index is 0.0353. The molecule has 0 amide bonds. The number of Topliss-reactive ketones (excluding diaryl/α,β-unsaturated/α-hetero) is 1. The van der Waals surface area contributed by atoms with E-state index in [4.69, 9.17) is 0 Å². The van der Waals surface area contributed by atoms with E-state index in [0.717, 1.165) is 10.7 Å². The molecule has 0 atom stereocenters. The summed E-state index contributed by atoms with van der Waals surface area (Å²) in [7, 11) is 0. The molecule has 0 N–H and O–H groups in total. The first-order chi connectivity index (χ1) is 9.29. The number of halogens is 1. The molecule has 0 aliphatic rings. The van der Waals surface area contributed by atoms with Gasteiger partial charge in [0.05, 0.1) is 17.7 Å². The molecule has 0 spiro atoms. The number of carbonyl (C=O) groups excluding carboxylic acids is 1. The van der Waals surface area contributed by atoms with E-state index in [2.05, 4.69) is 25.8 Å². The predicted molar refractivity (Wildman–Crippen MR) is 80.0 cm³/mol.